The van der Waals surface area contributed by atoms with Crippen molar-refractivity contribution in [2.75, 3.05) is 6.54 Å². The van der Waals surface area contributed by atoms with Gasteiger partial charge in [0.1, 0.15) is 0 Å². The lowest BCUT2D eigenvalue weighted by molar-refractivity contribution is 0.508. The van der Waals surface area contributed by atoms with E-state index in [0.29, 0.717) is 11.7 Å². The molecule has 0 heterocycles. The van der Waals surface area contributed by atoms with E-state index in [0.717, 1.165) is 6.42 Å². The summed E-state index contributed by atoms with van der Waals surface area (Å²) in [6.45, 7) is 6.70. The van der Waals surface area contributed by atoms with Crippen LogP contribution < -0.4 is 16.5 Å². The van der Waals surface area contributed by atoms with Crippen LogP contribution in [0.15, 0.2) is 5.10 Å². The molecule has 0 bridgehead atoms. The van der Waals surface area contributed by atoms with Crippen LogP contribution >= 0.6 is 12.2 Å². The van der Waals surface area contributed by atoms with Crippen molar-refractivity contribution in [3.8, 4) is 0 Å². The van der Waals surface area contributed by atoms with Gasteiger partial charge in [-0.25, -0.2) is 0 Å². The van der Waals surface area contributed by atoms with Crippen molar-refractivity contribution in [1.29, 1.82) is 0 Å². The summed E-state index contributed by atoms with van der Waals surface area (Å²) in [6, 6.07) is 0. The highest BCUT2D eigenvalue weighted by Gasteiger charge is 2.09. The Hall–Kier alpha value is -0.680. The van der Waals surface area contributed by atoms with Crippen LogP contribution in [-0.2, 0) is 0 Å². The summed E-state index contributed by atoms with van der Waals surface area (Å²) in [5, 5.41) is 7.49. The van der Waals surface area contributed by atoms with Gasteiger partial charge in [-0.2, -0.15) is 5.10 Å². The molecule has 0 aliphatic heterocycles. The Labute approximate surface area is 85.0 Å². The van der Waals surface area contributed by atoms with Crippen molar-refractivity contribution >= 4 is 23.5 Å². The maximum absolute atomic E-state index is 5.28. The molecule has 0 radical (unpaired) electrons. The monoisotopic (exact) mass is 202 g/mol. The van der Waals surface area contributed by atoms with Crippen molar-refractivity contribution in [3.05, 3.63) is 0 Å². The first-order chi connectivity index (χ1) is 5.95. The summed E-state index contributed by atoms with van der Waals surface area (Å²) in [5.74, 6) is 0. The third-order valence-electron chi connectivity index (χ3n) is 1.04. The molecule has 0 saturated heterocycles. The zero-order valence-corrected chi connectivity index (χ0v) is 9.24. The summed E-state index contributed by atoms with van der Waals surface area (Å²) in [7, 11) is 0. The lowest BCUT2D eigenvalue weighted by Crippen LogP contribution is -2.44. The molecule has 5 heteroatoms. The summed E-state index contributed by atoms with van der Waals surface area (Å²) in [5.41, 5.74) is 7.95. The van der Waals surface area contributed by atoms with E-state index in [1.54, 1.807) is 6.21 Å². The topological polar surface area (TPSA) is 62.4 Å². The van der Waals surface area contributed by atoms with E-state index in [2.05, 4.69) is 15.8 Å². The van der Waals surface area contributed by atoms with E-state index in [1.807, 2.05) is 20.8 Å². The van der Waals surface area contributed by atoms with Crippen molar-refractivity contribution < 1.29 is 0 Å². The number of hydrogen-bond acceptors (Lipinski definition) is 3. The maximum Gasteiger partial charge on any atom is 0.187 e. The van der Waals surface area contributed by atoms with E-state index in [9.17, 15) is 0 Å². The highest BCUT2D eigenvalue weighted by atomic mass is 32.1. The van der Waals surface area contributed by atoms with Gasteiger partial charge >= 0.3 is 0 Å². The minimum atomic E-state index is -0.0343. The summed E-state index contributed by atoms with van der Waals surface area (Å²) < 4.78 is 0. The molecule has 0 unspecified atom stereocenters. The first-order valence-corrected chi connectivity index (χ1v) is 4.66. The molecular weight excluding hydrogens is 184 g/mol. The minimum absolute atomic E-state index is 0.0343. The quantitative estimate of drug-likeness (QED) is 0.356. The number of rotatable bonds is 3. The average molecular weight is 202 g/mol. The normalized spacial score (nSPS) is 11.7. The Balaban J connectivity index is 3.64. The van der Waals surface area contributed by atoms with Crippen molar-refractivity contribution in [2.45, 2.75) is 32.7 Å². The van der Waals surface area contributed by atoms with Crippen LogP contribution in [0, 0.1) is 0 Å². The molecule has 0 amide bonds. The van der Waals surface area contributed by atoms with Crippen LogP contribution in [0.5, 0.6) is 0 Å². The molecule has 76 valence electrons. The maximum atomic E-state index is 5.28. The largest absolute Gasteiger partial charge is 0.357 e. The van der Waals surface area contributed by atoms with Gasteiger partial charge in [0, 0.05) is 11.8 Å². The van der Waals surface area contributed by atoms with Crippen LogP contribution in [0.3, 0.4) is 0 Å². The molecule has 0 aromatic rings. The van der Waals surface area contributed by atoms with Gasteiger partial charge in [-0.15, -0.1) is 0 Å². The molecule has 0 fully saturated rings. The van der Waals surface area contributed by atoms with Crippen LogP contribution in [0.25, 0.3) is 0 Å². The van der Waals surface area contributed by atoms with Crippen LogP contribution in [0.1, 0.15) is 27.2 Å². The number of hydrogen-bond donors (Lipinski definition) is 3. The summed E-state index contributed by atoms with van der Waals surface area (Å²) in [6.07, 6.45) is 2.46. The predicted molar refractivity (Wildman–Crippen MR) is 60.8 cm³/mol. The smallest absolute Gasteiger partial charge is 0.187 e. The van der Waals surface area contributed by atoms with E-state index >= 15 is 0 Å². The summed E-state index contributed by atoms with van der Waals surface area (Å²) >= 11 is 4.98. The van der Waals surface area contributed by atoms with Crippen LogP contribution in [0.4, 0.5) is 0 Å². The van der Waals surface area contributed by atoms with Crippen molar-refractivity contribution in [3.63, 3.8) is 0 Å². The van der Waals surface area contributed by atoms with Crippen LogP contribution in [0.2, 0.25) is 0 Å². The van der Waals surface area contributed by atoms with Gasteiger partial charge in [-0.1, -0.05) is 0 Å². The average Bonchev–Trinajstić information content (AvgIpc) is 1.94. The lowest BCUT2D eigenvalue weighted by Gasteiger charge is -2.21. The number of thiocarbonyl (C=S) groups is 1. The third-order valence-corrected chi connectivity index (χ3v) is 1.24. The molecule has 13 heavy (non-hydrogen) atoms. The molecular formula is C8H18N4S. The molecule has 0 aliphatic rings. The fourth-order valence-corrected chi connectivity index (χ4v) is 0.971. The highest BCUT2D eigenvalue weighted by molar-refractivity contribution is 7.80. The van der Waals surface area contributed by atoms with Crippen LogP contribution in [-0.4, -0.2) is 23.4 Å². The predicted octanol–water partition coefficient (Wildman–Crippen LogP) is 0.584. The molecule has 0 spiro atoms. The van der Waals surface area contributed by atoms with Gasteiger partial charge < -0.3 is 11.1 Å². The minimum Gasteiger partial charge on any atom is -0.357 e. The van der Waals surface area contributed by atoms with E-state index < -0.39 is 0 Å². The van der Waals surface area contributed by atoms with E-state index in [-0.39, 0.29) is 5.54 Å². The van der Waals surface area contributed by atoms with E-state index in [4.69, 9.17) is 18.0 Å². The Bertz CT molecular complexity index is 183. The van der Waals surface area contributed by atoms with Gasteiger partial charge in [0.2, 0.25) is 0 Å². The first kappa shape index (κ1) is 12.3. The zero-order chi connectivity index (χ0) is 10.3. The Morgan fingerprint density at radius 3 is 2.62 bits per heavy atom. The van der Waals surface area contributed by atoms with Gasteiger partial charge in [-0.3, -0.25) is 5.43 Å². The van der Waals surface area contributed by atoms with Crippen molar-refractivity contribution in [2.24, 2.45) is 10.8 Å². The fourth-order valence-electron chi connectivity index (χ4n) is 0.612. The Morgan fingerprint density at radius 2 is 2.15 bits per heavy atom. The zero-order valence-electron chi connectivity index (χ0n) is 8.42. The molecule has 0 aromatic carbocycles. The summed E-state index contributed by atoms with van der Waals surface area (Å²) in [4.78, 5) is 0. The van der Waals surface area contributed by atoms with Gasteiger partial charge in [-0.05, 0) is 46.0 Å². The number of hydrazone groups is 1. The second-order valence-corrected chi connectivity index (χ2v) is 4.11. The van der Waals surface area contributed by atoms with Gasteiger partial charge in [0.15, 0.2) is 5.11 Å². The molecule has 0 rings (SSSR count). The molecule has 0 atom stereocenters. The first-order valence-electron chi connectivity index (χ1n) is 4.25. The highest BCUT2D eigenvalue weighted by Crippen LogP contribution is 1.97. The molecule has 0 saturated carbocycles. The molecule has 0 aliphatic carbocycles. The number of nitrogens with one attached hydrogen (secondary N) is 2. The fraction of sp³-hybridized carbons (Fsp3) is 0.750. The second-order valence-electron chi connectivity index (χ2n) is 3.70. The number of nitrogens with zero attached hydrogens (tertiary/aromatic N) is 1. The molecule has 4 nitrogen and oxygen atoms in total. The molecule has 4 N–H and O–H groups in total. The lowest BCUT2D eigenvalue weighted by atomic mass is 10.1. The Kier molecular flexibility index (Phi) is 5.57. The number of nitrogens with two attached hydrogens (primary N) is 1. The van der Waals surface area contributed by atoms with Gasteiger partial charge in [0.25, 0.3) is 0 Å². The van der Waals surface area contributed by atoms with E-state index in [1.165, 1.54) is 0 Å². The van der Waals surface area contributed by atoms with Gasteiger partial charge in [0.05, 0.1) is 0 Å². The standard InChI is InChI=1S/C8H18N4S/c1-8(2,3)11-7(13)12-10-6-4-5-9/h6H,4-5,9H2,1-3H3,(H2,11,12,13)/b10-6+. The third kappa shape index (κ3) is 9.23. The van der Waals surface area contributed by atoms with Crippen molar-refractivity contribution in [1.82, 2.24) is 10.7 Å². The second kappa shape index (κ2) is 5.88. The Morgan fingerprint density at radius 1 is 1.54 bits per heavy atom. The molecule has 0 aromatic heterocycles. The SMILES string of the molecule is CC(C)(C)NC(=S)N/N=C/CCN.